The van der Waals surface area contributed by atoms with Gasteiger partial charge in [-0.3, -0.25) is 4.90 Å². The molecule has 0 aliphatic carbocycles. The first kappa shape index (κ1) is 25.9. The number of likely N-dealkylation sites (tertiary alicyclic amines) is 1. The molecule has 1 aliphatic heterocycles. The van der Waals surface area contributed by atoms with Crippen LogP contribution in [-0.4, -0.2) is 41.5 Å². The largest absolute Gasteiger partial charge is 0.434 e. The molecule has 0 bridgehead atoms. The monoisotopic (exact) mass is 567 g/mol. The Morgan fingerprint density at radius 1 is 1.26 bits per heavy atom. The summed E-state index contributed by atoms with van der Waals surface area (Å²) in [7, 11) is 0. The SMILES string of the molecule is CCNC(=NCc1nc(C(F)(F)F)cs1)NC1CCN(C(C)c2ccccc2)CC1.I. The third kappa shape index (κ3) is 7.60. The van der Waals surface area contributed by atoms with E-state index in [1.807, 2.05) is 13.0 Å². The Labute approximate surface area is 202 Å². The fourth-order valence-corrected chi connectivity index (χ4v) is 4.27. The Bertz CT molecular complexity index is 820. The Balaban J connectivity index is 0.00000341. The molecule has 1 aliphatic rings. The minimum atomic E-state index is -4.41. The molecule has 1 aromatic heterocycles. The number of alkyl halides is 3. The van der Waals surface area contributed by atoms with Gasteiger partial charge in [-0.25, -0.2) is 9.98 Å². The van der Waals surface area contributed by atoms with E-state index in [-0.39, 0.29) is 36.6 Å². The van der Waals surface area contributed by atoms with E-state index < -0.39 is 11.9 Å². The average Bonchev–Trinajstić information content (AvgIpc) is 3.23. The van der Waals surface area contributed by atoms with E-state index in [2.05, 4.69) is 56.7 Å². The van der Waals surface area contributed by atoms with Crippen molar-refractivity contribution in [3.05, 3.63) is 52.0 Å². The van der Waals surface area contributed by atoms with Gasteiger partial charge < -0.3 is 10.6 Å². The van der Waals surface area contributed by atoms with Crippen LogP contribution < -0.4 is 10.6 Å². The molecule has 1 unspecified atom stereocenters. The van der Waals surface area contributed by atoms with Gasteiger partial charge >= 0.3 is 6.18 Å². The molecule has 0 spiro atoms. The summed E-state index contributed by atoms with van der Waals surface area (Å²) in [6.07, 6.45) is -2.44. The van der Waals surface area contributed by atoms with E-state index in [4.69, 9.17) is 0 Å². The van der Waals surface area contributed by atoms with Gasteiger partial charge in [-0.05, 0) is 32.3 Å². The van der Waals surface area contributed by atoms with Crippen LogP contribution in [-0.2, 0) is 12.7 Å². The number of rotatable bonds is 6. The van der Waals surface area contributed by atoms with Gasteiger partial charge in [0.05, 0.1) is 6.54 Å². The maximum Gasteiger partial charge on any atom is 0.434 e. The number of hydrogen-bond donors (Lipinski definition) is 2. The Morgan fingerprint density at radius 2 is 1.94 bits per heavy atom. The predicted octanol–water partition coefficient (Wildman–Crippen LogP) is 5.06. The molecule has 2 N–H and O–H groups in total. The second-order valence-corrected chi connectivity index (χ2v) is 8.30. The van der Waals surface area contributed by atoms with Crippen molar-refractivity contribution in [2.45, 2.75) is 51.5 Å². The molecule has 0 saturated carbocycles. The van der Waals surface area contributed by atoms with Gasteiger partial charge in [0.15, 0.2) is 11.7 Å². The van der Waals surface area contributed by atoms with Crippen LogP contribution in [0, 0.1) is 0 Å². The third-order valence-corrected chi connectivity index (χ3v) is 6.09. The summed E-state index contributed by atoms with van der Waals surface area (Å²) in [5.41, 5.74) is 0.469. The summed E-state index contributed by atoms with van der Waals surface area (Å²) < 4.78 is 38.1. The molecule has 172 valence electrons. The highest BCUT2D eigenvalue weighted by atomic mass is 127. The number of benzene rings is 1. The second kappa shape index (κ2) is 12.0. The number of nitrogens with zero attached hydrogens (tertiary/aromatic N) is 3. The summed E-state index contributed by atoms with van der Waals surface area (Å²) in [6, 6.07) is 11.1. The highest BCUT2D eigenvalue weighted by Gasteiger charge is 2.33. The molecular formula is C21H29F3IN5S. The van der Waals surface area contributed by atoms with Crippen LogP contribution in [0.25, 0.3) is 0 Å². The van der Waals surface area contributed by atoms with Crippen molar-refractivity contribution in [2.75, 3.05) is 19.6 Å². The van der Waals surface area contributed by atoms with E-state index in [9.17, 15) is 13.2 Å². The lowest BCUT2D eigenvalue weighted by Gasteiger charge is -2.37. The number of halogens is 4. The zero-order valence-electron chi connectivity index (χ0n) is 17.7. The van der Waals surface area contributed by atoms with E-state index >= 15 is 0 Å². The number of piperidine rings is 1. The fraction of sp³-hybridized carbons (Fsp3) is 0.524. The van der Waals surface area contributed by atoms with E-state index in [0.29, 0.717) is 23.6 Å². The zero-order valence-corrected chi connectivity index (χ0v) is 20.8. The van der Waals surface area contributed by atoms with E-state index in [1.165, 1.54) is 5.56 Å². The Kier molecular flexibility index (Phi) is 10.0. The minimum Gasteiger partial charge on any atom is -0.357 e. The van der Waals surface area contributed by atoms with Gasteiger partial charge in [-0.2, -0.15) is 13.2 Å². The van der Waals surface area contributed by atoms with Crippen molar-refractivity contribution in [1.29, 1.82) is 0 Å². The number of aromatic nitrogens is 1. The zero-order chi connectivity index (χ0) is 21.6. The van der Waals surface area contributed by atoms with Gasteiger partial charge in [0, 0.05) is 37.1 Å². The highest BCUT2D eigenvalue weighted by molar-refractivity contribution is 14.0. The lowest BCUT2D eigenvalue weighted by molar-refractivity contribution is -0.140. The van der Waals surface area contributed by atoms with Crippen LogP contribution in [0.2, 0.25) is 0 Å². The maximum atomic E-state index is 12.7. The molecule has 1 aromatic carbocycles. The molecule has 1 saturated heterocycles. The lowest BCUT2D eigenvalue weighted by Crippen LogP contribution is -2.49. The molecule has 1 fully saturated rings. The molecule has 5 nitrogen and oxygen atoms in total. The number of hydrogen-bond acceptors (Lipinski definition) is 4. The molecular weight excluding hydrogens is 538 g/mol. The van der Waals surface area contributed by atoms with Gasteiger partial charge in [-0.15, -0.1) is 35.3 Å². The molecule has 3 rings (SSSR count). The van der Waals surface area contributed by atoms with Gasteiger partial charge in [0.25, 0.3) is 0 Å². The van der Waals surface area contributed by atoms with Crippen molar-refractivity contribution in [3.8, 4) is 0 Å². The minimum absolute atomic E-state index is 0. The quantitative estimate of drug-likeness (QED) is 0.291. The normalized spacial score (nSPS) is 17.1. The topological polar surface area (TPSA) is 52.6 Å². The molecule has 10 heteroatoms. The number of nitrogens with one attached hydrogen (secondary N) is 2. The predicted molar refractivity (Wildman–Crippen MR) is 130 cm³/mol. The summed E-state index contributed by atoms with van der Waals surface area (Å²) >= 11 is 0.984. The van der Waals surface area contributed by atoms with Crippen LogP contribution in [0.4, 0.5) is 13.2 Å². The smallest absolute Gasteiger partial charge is 0.357 e. The first-order valence-electron chi connectivity index (χ1n) is 10.2. The van der Waals surface area contributed by atoms with Crippen LogP contribution in [0.3, 0.4) is 0 Å². The molecule has 1 atom stereocenters. The number of thiazole rings is 1. The lowest BCUT2D eigenvalue weighted by atomic mass is 10.0. The van der Waals surface area contributed by atoms with Crippen molar-refractivity contribution >= 4 is 41.3 Å². The van der Waals surface area contributed by atoms with Crippen LogP contribution >= 0.6 is 35.3 Å². The molecule has 0 amide bonds. The van der Waals surface area contributed by atoms with Crippen molar-refractivity contribution in [2.24, 2.45) is 4.99 Å². The van der Waals surface area contributed by atoms with E-state index in [0.717, 1.165) is 42.6 Å². The summed E-state index contributed by atoms with van der Waals surface area (Å²) in [6.45, 7) is 6.97. The molecule has 0 radical (unpaired) electrons. The van der Waals surface area contributed by atoms with Crippen LogP contribution in [0.5, 0.6) is 0 Å². The summed E-state index contributed by atoms with van der Waals surface area (Å²) in [5.74, 6) is 0.621. The van der Waals surface area contributed by atoms with Gasteiger partial charge in [0.1, 0.15) is 5.01 Å². The summed E-state index contributed by atoms with van der Waals surface area (Å²) in [4.78, 5) is 10.6. The average molecular weight is 567 g/mol. The maximum absolute atomic E-state index is 12.7. The summed E-state index contributed by atoms with van der Waals surface area (Å²) in [5, 5.41) is 8.00. The Hall–Kier alpha value is -1.40. The Morgan fingerprint density at radius 3 is 2.52 bits per heavy atom. The number of guanidine groups is 1. The van der Waals surface area contributed by atoms with Gasteiger partial charge in [0.2, 0.25) is 0 Å². The van der Waals surface area contributed by atoms with Crippen LogP contribution in [0.1, 0.15) is 49.0 Å². The second-order valence-electron chi connectivity index (χ2n) is 7.36. The third-order valence-electron chi connectivity index (χ3n) is 5.26. The standard InChI is InChI=1S/C21H28F3N5S.HI/c1-3-25-20(26-13-19-28-18(14-30-19)21(22,23)24)27-17-9-11-29(12-10-17)15(2)16-7-5-4-6-8-16;/h4-8,14-15,17H,3,9-13H2,1-2H3,(H2,25,26,27);1H. The van der Waals surface area contributed by atoms with E-state index in [1.54, 1.807) is 0 Å². The first-order chi connectivity index (χ1) is 14.4. The van der Waals surface area contributed by atoms with Gasteiger partial charge in [-0.1, -0.05) is 30.3 Å². The van der Waals surface area contributed by atoms with Crippen LogP contribution in [0.15, 0.2) is 40.7 Å². The number of aliphatic imine (C=N–C) groups is 1. The highest BCUT2D eigenvalue weighted by Crippen LogP contribution is 2.30. The first-order valence-corrected chi connectivity index (χ1v) is 11.1. The van der Waals surface area contributed by atoms with Crippen molar-refractivity contribution in [3.63, 3.8) is 0 Å². The molecule has 2 heterocycles. The van der Waals surface area contributed by atoms with Crippen molar-refractivity contribution in [1.82, 2.24) is 20.5 Å². The molecule has 31 heavy (non-hydrogen) atoms. The van der Waals surface area contributed by atoms with Crippen molar-refractivity contribution < 1.29 is 13.2 Å². The molecule has 2 aromatic rings. The fourth-order valence-electron chi connectivity index (χ4n) is 3.55.